The molecule has 3 aliphatic rings. The number of hydrogen-bond acceptors (Lipinski definition) is 3. The maximum Gasteiger partial charge on any atom is 0.225 e. The van der Waals surface area contributed by atoms with Gasteiger partial charge in [-0.2, -0.15) is 0 Å². The van der Waals surface area contributed by atoms with E-state index in [1.165, 1.54) is 12.1 Å². The minimum Gasteiger partial charge on any atom is -0.343 e. The van der Waals surface area contributed by atoms with E-state index in [9.17, 15) is 18.8 Å². The molecule has 4 rings (SSSR count). The molecule has 3 fully saturated rings. The zero-order valence-electron chi connectivity index (χ0n) is 17.6. The van der Waals surface area contributed by atoms with Gasteiger partial charge in [-0.1, -0.05) is 12.1 Å². The van der Waals surface area contributed by atoms with Crippen molar-refractivity contribution >= 4 is 17.7 Å². The summed E-state index contributed by atoms with van der Waals surface area (Å²) in [5.74, 6) is 0.240. The molecule has 0 aliphatic carbocycles. The van der Waals surface area contributed by atoms with Crippen LogP contribution in [0.1, 0.15) is 44.6 Å². The van der Waals surface area contributed by atoms with Crippen molar-refractivity contribution in [1.29, 1.82) is 0 Å². The Bertz CT molecular complexity index is 822. The van der Waals surface area contributed by atoms with E-state index in [0.29, 0.717) is 52.0 Å². The van der Waals surface area contributed by atoms with E-state index >= 15 is 0 Å². The Kier molecular flexibility index (Phi) is 6.06. The number of hydrogen-bond donors (Lipinski definition) is 0. The summed E-state index contributed by atoms with van der Waals surface area (Å²) in [7, 11) is 0. The van der Waals surface area contributed by atoms with Gasteiger partial charge in [-0.05, 0) is 49.3 Å². The lowest BCUT2D eigenvalue weighted by Crippen LogP contribution is -2.45. The molecular weight excluding hydrogens is 385 g/mol. The molecule has 0 bridgehead atoms. The second-order valence-electron chi connectivity index (χ2n) is 8.89. The van der Waals surface area contributed by atoms with Crippen LogP contribution in [-0.2, 0) is 20.9 Å². The number of rotatable bonds is 3. The summed E-state index contributed by atoms with van der Waals surface area (Å²) in [5.41, 5.74) is 0.783. The summed E-state index contributed by atoms with van der Waals surface area (Å²) in [6, 6.07) is 6.39. The van der Waals surface area contributed by atoms with Crippen molar-refractivity contribution in [2.24, 2.45) is 11.8 Å². The second-order valence-corrected chi connectivity index (χ2v) is 8.89. The number of carbonyl (C=O) groups excluding carboxylic acids is 3. The van der Waals surface area contributed by atoms with E-state index in [1.807, 2.05) is 15.9 Å². The monoisotopic (exact) mass is 415 g/mol. The molecule has 2 atom stereocenters. The third-order valence-electron chi connectivity index (χ3n) is 6.94. The number of amides is 3. The fraction of sp³-hybridized carbons (Fsp3) is 0.609. The van der Waals surface area contributed by atoms with E-state index in [1.54, 1.807) is 17.9 Å². The standard InChI is InChI=1S/C23H30FN3O3/c1-16(28)25-10-8-18(9-11-25)23(30)26-14-19-5-3-7-22(29)27(21(19)15-26)13-17-4-2-6-20(24)12-17/h2,4,6,12,18-19,21H,3,5,7-11,13-15H2,1H3. The normalized spacial score (nSPS) is 25.3. The molecule has 162 valence electrons. The van der Waals surface area contributed by atoms with Crippen LogP contribution in [0.2, 0.25) is 0 Å². The Morgan fingerprint density at radius 2 is 1.87 bits per heavy atom. The third kappa shape index (κ3) is 4.35. The van der Waals surface area contributed by atoms with Crippen molar-refractivity contribution in [3.63, 3.8) is 0 Å². The number of piperidine rings is 1. The van der Waals surface area contributed by atoms with Gasteiger partial charge in [0.25, 0.3) is 0 Å². The molecule has 3 aliphatic heterocycles. The third-order valence-corrected chi connectivity index (χ3v) is 6.94. The van der Waals surface area contributed by atoms with E-state index in [0.717, 1.165) is 18.4 Å². The SMILES string of the molecule is CC(=O)N1CCC(C(=O)N2CC3CCCC(=O)N(Cc4cccc(F)c4)C3C2)CC1. The highest BCUT2D eigenvalue weighted by atomic mass is 19.1. The number of likely N-dealkylation sites (tertiary alicyclic amines) is 3. The summed E-state index contributed by atoms with van der Waals surface area (Å²) >= 11 is 0. The van der Waals surface area contributed by atoms with Crippen LogP contribution >= 0.6 is 0 Å². The summed E-state index contributed by atoms with van der Waals surface area (Å²) in [5, 5.41) is 0. The number of nitrogens with zero attached hydrogens (tertiary/aromatic N) is 3. The van der Waals surface area contributed by atoms with Crippen molar-refractivity contribution < 1.29 is 18.8 Å². The Morgan fingerprint density at radius 1 is 1.10 bits per heavy atom. The molecule has 3 amide bonds. The molecule has 6 nitrogen and oxygen atoms in total. The molecule has 0 aromatic heterocycles. The summed E-state index contributed by atoms with van der Waals surface area (Å²) in [6.07, 6.45) is 3.69. The number of halogens is 1. The molecule has 0 radical (unpaired) electrons. The van der Waals surface area contributed by atoms with Crippen LogP contribution in [0.25, 0.3) is 0 Å². The maximum absolute atomic E-state index is 13.6. The lowest BCUT2D eigenvalue weighted by molar-refractivity contribution is -0.140. The highest BCUT2D eigenvalue weighted by Crippen LogP contribution is 2.33. The highest BCUT2D eigenvalue weighted by Gasteiger charge is 2.43. The average Bonchev–Trinajstić information content (AvgIpc) is 3.09. The highest BCUT2D eigenvalue weighted by molar-refractivity contribution is 5.81. The van der Waals surface area contributed by atoms with Gasteiger partial charge in [-0.3, -0.25) is 14.4 Å². The van der Waals surface area contributed by atoms with Crippen molar-refractivity contribution in [2.75, 3.05) is 26.2 Å². The number of carbonyl (C=O) groups is 3. The first-order valence-corrected chi connectivity index (χ1v) is 11.0. The van der Waals surface area contributed by atoms with E-state index in [-0.39, 0.29) is 41.4 Å². The Labute approximate surface area is 177 Å². The second kappa shape index (κ2) is 8.74. The van der Waals surface area contributed by atoms with Gasteiger partial charge in [0.05, 0.1) is 6.04 Å². The van der Waals surface area contributed by atoms with Crippen LogP contribution in [0.5, 0.6) is 0 Å². The van der Waals surface area contributed by atoms with Gasteiger partial charge in [0.15, 0.2) is 0 Å². The Hall–Kier alpha value is -2.44. The van der Waals surface area contributed by atoms with E-state index in [2.05, 4.69) is 0 Å². The van der Waals surface area contributed by atoms with Crippen LogP contribution in [0.4, 0.5) is 4.39 Å². The maximum atomic E-state index is 13.6. The van der Waals surface area contributed by atoms with Gasteiger partial charge < -0.3 is 14.7 Å². The van der Waals surface area contributed by atoms with Crippen molar-refractivity contribution in [2.45, 2.75) is 51.6 Å². The molecule has 3 saturated heterocycles. The van der Waals surface area contributed by atoms with E-state index < -0.39 is 0 Å². The quantitative estimate of drug-likeness (QED) is 0.762. The van der Waals surface area contributed by atoms with Gasteiger partial charge in [-0.15, -0.1) is 0 Å². The topological polar surface area (TPSA) is 60.9 Å². The first-order valence-electron chi connectivity index (χ1n) is 11.0. The predicted molar refractivity (Wildman–Crippen MR) is 110 cm³/mol. The Morgan fingerprint density at radius 3 is 2.57 bits per heavy atom. The average molecular weight is 416 g/mol. The van der Waals surface area contributed by atoms with Gasteiger partial charge in [-0.25, -0.2) is 4.39 Å². The first-order chi connectivity index (χ1) is 14.4. The molecule has 2 unspecified atom stereocenters. The van der Waals surface area contributed by atoms with Gasteiger partial charge in [0.1, 0.15) is 5.82 Å². The zero-order valence-corrected chi connectivity index (χ0v) is 17.6. The zero-order chi connectivity index (χ0) is 21.3. The minimum atomic E-state index is -0.300. The van der Waals surface area contributed by atoms with Gasteiger partial charge >= 0.3 is 0 Å². The lowest BCUT2D eigenvalue weighted by atomic mass is 9.95. The fourth-order valence-corrected chi connectivity index (χ4v) is 5.25. The van der Waals surface area contributed by atoms with Crippen molar-refractivity contribution in [1.82, 2.24) is 14.7 Å². The molecule has 7 heteroatoms. The van der Waals surface area contributed by atoms with Gasteiger partial charge in [0, 0.05) is 52.0 Å². The van der Waals surface area contributed by atoms with Crippen LogP contribution in [0.15, 0.2) is 24.3 Å². The van der Waals surface area contributed by atoms with Gasteiger partial charge in [0.2, 0.25) is 17.7 Å². The predicted octanol–water partition coefficient (Wildman–Crippen LogP) is 2.42. The van der Waals surface area contributed by atoms with E-state index in [4.69, 9.17) is 0 Å². The molecular formula is C23H30FN3O3. The van der Waals surface area contributed by atoms with Crippen molar-refractivity contribution in [3.8, 4) is 0 Å². The van der Waals surface area contributed by atoms with Crippen LogP contribution in [-0.4, -0.2) is 64.6 Å². The lowest BCUT2D eigenvalue weighted by Gasteiger charge is -2.33. The molecule has 0 saturated carbocycles. The van der Waals surface area contributed by atoms with Crippen LogP contribution in [0, 0.1) is 17.7 Å². The molecule has 1 aromatic rings. The van der Waals surface area contributed by atoms with Crippen molar-refractivity contribution in [3.05, 3.63) is 35.6 Å². The molecule has 1 aromatic carbocycles. The number of fused-ring (bicyclic) bond motifs is 1. The largest absolute Gasteiger partial charge is 0.343 e. The summed E-state index contributed by atoms with van der Waals surface area (Å²) < 4.78 is 13.6. The van der Waals surface area contributed by atoms with Crippen LogP contribution < -0.4 is 0 Å². The minimum absolute atomic E-state index is 0.00970. The molecule has 3 heterocycles. The smallest absolute Gasteiger partial charge is 0.225 e. The number of benzene rings is 1. The fourth-order valence-electron chi connectivity index (χ4n) is 5.25. The molecule has 30 heavy (non-hydrogen) atoms. The van der Waals surface area contributed by atoms with Crippen LogP contribution in [0.3, 0.4) is 0 Å². The Balaban J connectivity index is 1.44. The first kappa shape index (κ1) is 20.8. The molecule has 0 spiro atoms. The molecule has 0 N–H and O–H groups in total. The summed E-state index contributed by atoms with van der Waals surface area (Å²) in [4.78, 5) is 43.1. The summed E-state index contributed by atoms with van der Waals surface area (Å²) in [6.45, 7) is 4.46.